The molecule has 0 bridgehead atoms. The Morgan fingerprint density at radius 1 is 1.06 bits per heavy atom. The Labute approximate surface area is 98.8 Å². The maximum Gasteiger partial charge on any atom is 0.328 e. The normalized spacial score (nSPS) is 10.4. The van der Waals surface area contributed by atoms with Gasteiger partial charge in [-0.25, -0.2) is 9.59 Å². The summed E-state index contributed by atoms with van der Waals surface area (Å²) in [5.74, 6) is -2.90. The highest BCUT2D eigenvalue weighted by molar-refractivity contribution is 5.91. The zero-order valence-corrected chi connectivity index (χ0v) is 9.88. The molecule has 0 spiro atoms. The first-order valence-corrected chi connectivity index (χ1v) is 4.49. The number of rotatable bonds is 4. The van der Waals surface area contributed by atoms with Crippen molar-refractivity contribution in [3.63, 3.8) is 0 Å². The van der Waals surface area contributed by atoms with Crippen molar-refractivity contribution in [3.05, 3.63) is 23.9 Å². The summed E-state index contributed by atoms with van der Waals surface area (Å²) in [6.45, 7) is 1.78. The van der Waals surface area contributed by atoms with Crippen LogP contribution >= 0.6 is 0 Å². The van der Waals surface area contributed by atoms with Crippen molar-refractivity contribution in [2.75, 3.05) is 14.1 Å². The van der Waals surface area contributed by atoms with Gasteiger partial charge >= 0.3 is 11.9 Å². The predicted octanol–water partition coefficient (Wildman–Crippen LogP) is -0.351. The van der Waals surface area contributed by atoms with Crippen LogP contribution < -0.4 is 5.73 Å². The lowest BCUT2D eigenvalue weighted by molar-refractivity contribution is -0.134. The fourth-order valence-corrected chi connectivity index (χ4v) is 0.763. The molecule has 0 aromatic rings. The van der Waals surface area contributed by atoms with E-state index in [0.29, 0.717) is 17.8 Å². The molecule has 0 aliphatic carbocycles. The van der Waals surface area contributed by atoms with Crippen LogP contribution in [-0.2, 0) is 14.4 Å². The molecular weight excluding hydrogens is 228 g/mol. The smallest absolute Gasteiger partial charge is 0.328 e. The molecule has 1 amide bonds. The number of nitrogens with zero attached hydrogens (tertiary/aromatic N) is 1. The molecule has 0 aromatic heterocycles. The molecule has 0 atom stereocenters. The first kappa shape index (κ1) is 17.1. The van der Waals surface area contributed by atoms with E-state index in [9.17, 15) is 14.4 Å². The molecule has 0 aliphatic rings. The summed E-state index contributed by atoms with van der Waals surface area (Å²) in [5, 5.41) is 15.6. The molecule has 0 fully saturated rings. The quantitative estimate of drug-likeness (QED) is 0.581. The van der Waals surface area contributed by atoms with E-state index in [2.05, 4.69) is 0 Å². The van der Waals surface area contributed by atoms with Crippen LogP contribution in [0.2, 0.25) is 0 Å². The summed E-state index contributed by atoms with van der Waals surface area (Å²) in [4.78, 5) is 31.3. The third-order valence-electron chi connectivity index (χ3n) is 1.38. The van der Waals surface area contributed by atoms with Gasteiger partial charge in [0.2, 0.25) is 0 Å². The number of nitrogens with two attached hydrogens (primary N) is 1. The molecular formula is C10H16N2O5. The Hall–Kier alpha value is -2.31. The lowest BCUT2D eigenvalue weighted by atomic mass is 10.4. The topological polar surface area (TPSA) is 121 Å². The monoisotopic (exact) mass is 244 g/mol. The van der Waals surface area contributed by atoms with E-state index in [1.165, 1.54) is 0 Å². The number of aliphatic carboxylic acids is 2. The summed E-state index contributed by atoms with van der Waals surface area (Å²) in [6, 6.07) is 0. The van der Waals surface area contributed by atoms with Crippen LogP contribution in [0.3, 0.4) is 0 Å². The number of hydrogen-bond donors (Lipinski definition) is 3. The van der Waals surface area contributed by atoms with Gasteiger partial charge in [0, 0.05) is 26.2 Å². The minimum atomic E-state index is -1.26. The molecule has 0 radical (unpaired) electrons. The van der Waals surface area contributed by atoms with Gasteiger partial charge in [-0.15, -0.1) is 0 Å². The number of likely N-dealkylation sites (N-methyl/N-ethyl adjacent to an activating group) is 1. The number of amides is 1. The fourth-order valence-electron chi connectivity index (χ4n) is 0.763. The Kier molecular flexibility index (Phi) is 9.01. The van der Waals surface area contributed by atoms with Gasteiger partial charge in [0.1, 0.15) is 0 Å². The van der Waals surface area contributed by atoms with Crippen LogP contribution in [0.25, 0.3) is 0 Å². The molecule has 0 unspecified atom stereocenters. The molecule has 7 heteroatoms. The Morgan fingerprint density at radius 3 is 1.47 bits per heavy atom. The van der Waals surface area contributed by atoms with Crippen LogP contribution in [0.15, 0.2) is 23.9 Å². The molecule has 0 saturated heterocycles. The minimum absolute atomic E-state index is 0.387. The average Bonchev–Trinajstić information content (AvgIpc) is 2.15. The largest absolute Gasteiger partial charge is 0.478 e. The van der Waals surface area contributed by atoms with E-state index in [-0.39, 0.29) is 5.91 Å². The van der Waals surface area contributed by atoms with Crippen molar-refractivity contribution in [3.8, 4) is 0 Å². The lowest BCUT2D eigenvalue weighted by Crippen LogP contribution is -2.24. The predicted molar refractivity (Wildman–Crippen MR) is 61.1 cm³/mol. The molecule has 0 rings (SSSR count). The molecule has 7 nitrogen and oxygen atoms in total. The van der Waals surface area contributed by atoms with E-state index in [0.717, 1.165) is 0 Å². The highest BCUT2D eigenvalue weighted by atomic mass is 16.4. The van der Waals surface area contributed by atoms with E-state index >= 15 is 0 Å². The van der Waals surface area contributed by atoms with Crippen LogP contribution in [0, 0.1) is 0 Å². The second kappa shape index (κ2) is 8.96. The summed E-state index contributed by atoms with van der Waals surface area (Å²) in [7, 11) is 3.56. The fraction of sp³-hybridized carbons (Fsp3) is 0.300. The van der Waals surface area contributed by atoms with Gasteiger partial charge in [0.15, 0.2) is 0 Å². The van der Waals surface area contributed by atoms with Gasteiger partial charge in [0.05, 0.1) is 5.70 Å². The van der Waals surface area contributed by atoms with Gasteiger partial charge in [-0.2, -0.15) is 0 Å². The summed E-state index contributed by atoms with van der Waals surface area (Å²) in [6.07, 6.45) is 2.80. The van der Waals surface area contributed by atoms with Crippen molar-refractivity contribution in [1.29, 1.82) is 0 Å². The van der Waals surface area contributed by atoms with Gasteiger partial charge in [-0.1, -0.05) is 6.08 Å². The third kappa shape index (κ3) is 11.6. The molecule has 0 saturated carbocycles. The molecule has 17 heavy (non-hydrogen) atoms. The van der Waals surface area contributed by atoms with Crippen molar-refractivity contribution >= 4 is 17.8 Å². The van der Waals surface area contributed by atoms with Crippen LogP contribution in [-0.4, -0.2) is 47.1 Å². The number of carbonyl (C=O) groups is 3. The van der Waals surface area contributed by atoms with Crippen molar-refractivity contribution in [1.82, 2.24) is 4.90 Å². The van der Waals surface area contributed by atoms with Crippen LogP contribution in [0.4, 0.5) is 0 Å². The van der Waals surface area contributed by atoms with Crippen molar-refractivity contribution in [2.45, 2.75) is 6.92 Å². The number of allylic oxidation sites excluding steroid dienone is 1. The van der Waals surface area contributed by atoms with Gasteiger partial charge in [0.25, 0.3) is 5.91 Å². The van der Waals surface area contributed by atoms with E-state index in [4.69, 9.17) is 15.9 Å². The van der Waals surface area contributed by atoms with Gasteiger partial charge < -0.3 is 20.8 Å². The zero-order chi connectivity index (χ0) is 14.0. The number of hydrogen-bond acceptors (Lipinski definition) is 4. The van der Waals surface area contributed by atoms with E-state index in [1.807, 2.05) is 0 Å². The summed E-state index contributed by atoms with van der Waals surface area (Å²) < 4.78 is 0. The second-order valence-electron chi connectivity index (χ2n) is 2.94. The average molecular weight is 244 g/mol. The maximum atomic E-state index is 10.5. The molecule has 96 valence electrons. The maximum absolute atomic E-state index is 10.5. The zero-order valence-electron chi connectivity index (χ0n) is 9.88. The molecule has 0 heterocycles. The Morgan fingerprint density at radius 2 is 1.41 bits per heavy atom. The van der Waals surface area contributed by atoms with Gasteiger partial charge in [-0.3, -0.25) is 4.79 Å². The summed E-state index contributed by atoms with van der Waals surface area (Å²) >= 11 is 0. The standard InChI is InChI=1S/C6H12N2O.C4H4O4/c1-4-5(6(7)9)8(2)3;5-3(6)1-2-4(7)8/h4H,1-3H3,(H2,7,9);1-2H,(H,5,6)(H,7,8). The minimum Gasteiger partial charge on any atom is -0.478 e. The van der Waals surface area contributed by atoms with E-state index < -0.39 is 11.9 Å². The lowest BCUT2D eigenvalue weighted by Gasteiger charge is -2.12. The first-order chi connectivity index (χ1) is 7.72. The highest BCUT2D eigenvalue weighted by Crippen LogP contribution is 1.94. The first-order valence-electron chi connectivity index (χ1n) is 4.49. The molecule has 0 aromatic carbocycles. The molecule has 0 aliphatic heterocycles. The summed E-state index contributed by atoms with van der Waals surface area (Å²) in [5.41, 5.74) is 5.54. The number of primary amides is 1. The van der Waals surface area contributed by atoms with Crippen LogP contribution in [0.5, 0.6) is 0 Å². The molecule has 4 N–H and O–H groups in total. The number of carboxylic acids is 2. The highest BCUT2D eigenvalue weighted by Gasteiger charge is 2.02. The third-order valence-corrected chi connectivity index (χ3v) is 1.38. The Bertz CT molecular complexity index is 329. The van der Waals surface area contributed by atoms with Crippen LogP contribution in [0.1, 0.15) is 6.92 Å². The Balaban J connectivity index is 0. The van der Waals surface area contributed by atoms with Gasteiger partial charge in [-0.05, 0) is 6.92 Å². The van der Waals surface area contributed by atoms with Crippen molar-refractivity contribution < 1.29 is 24.6 Å². The second-order valence-corrected chi connectivity index (χ2v) is 2.94. The SMILES string of the molecule is CC=C(C(N)=O)N(C)C.O=C(O)C=CC(=O)O. The number of carbonyl (C=O) groups excluding carboxylic acids is 1. The number of carboxylic acid groups (broad SMARTS) is 2. The van der Waals surface area contributed by atoms with E-state index in [1.54, 1.807) is 32.0 Å². The van der Waals surface area contributed by atoms with Crippen molar-refractivity contribution in [2.24, 2.45) is 5.73 Å².